The Bertz CT molecular complexity index is 713. The monoisotopic (exact) mass is 328 g/mol. The van der Waals surface area contributed by atoms with Crippen molar-refractivity contribution in [2.24, 2.45) is 7.05 Å². The van der Waals surface area contributed by atoms with Crippen LogP contribution in [0.15, 0.2) is 30.3 Å². The van der Waals surface area contributed by atoms with Crippen LogP contribution >= 0.6 is 0 Å². The van der Waals surface area contributed by atoms with E-state index in [1.165, 1.54) is 5.69 Å². The summed E-state index contributed by atoms with van der Waals surface area (Å²) < 4.78 is 1.61. The molecule has 6 heteroatoms. The number of aromatic nitrogens is 2. The van der Waals surface area contributed by atoms with Crippen molar-refractivity contribution >= 4 is 11.7 Å². The standard InChI is InChI=1S/C18H24N4O2/c1-13(2)21-8-10-22(11-9-21)15-6-4-14(5-7-15)17-12-16(18(23)24)19-20(17)3/h4-7,12-13H,8-11H2,1-3H3,(H,23,24). The molecule has 1 aliphatic rings. The summed E-state index contributed by atoms with van der Waals surface area (Å²) in [5.41, 5.74) is 3.06. The lowest BCUT2D eigenvalue weighted by molar-refractivity contribution is 0.0689. The second-order valence-electron chi connectivity index (χ2n) is 6.51. The van der Waals surface area contributed by atoms with Gasteiger partial charge in [-0.3, -0.25) is 9.58 Å². The van der Waals surface area contributed by atoms with E-state index in [2.05, 4.69) is 40.9 Å². The largest absolute Gasteiger partial charge is 0.476 e. The fourth-order valence-electron chi connectivity index (χ4n) is 3.18. The number of hydrogen-bond acceptors (Lipinski definition) is 4. The molecule has 0 atom stereocenters. The first kappa shape index (κ1) is 16.5. The van der Waals surface area contributed by atoms with Crippen molar-refractivity contribution in [2.45, 2.75) is 19.9 Å². The molecule has 2 heterocycles. The van der Waals surface area contributed by atoms with E-state index in [0.29, 0.717) is 6.04 Å². The first-order valence-corrected chi connectivity index (χ1v) is 8.32. The zero-order chi connectivity index (χ0) is 17.3. The summed E-state index contributed by atoms with van der Waals surface area (Å²) >= 11 is 0. The van der Waals surface area contributed by atoms with Gasteiger partial charge in [0.05, 0.1) is 5.69 Å². The lowest BCUT2D eigenvalue weighted by Gasteiger charge is -2.38. The van der Waals surface area contributed by atoms with Crippen LogP contribution in [0.3, 0.4) is 0 Å². The fraction of sp³-hybridized carbons (Fsp3) is 0.444. The molecule has 0 amide bonds. The number of carboxylic acids is 1. The van der Waals surface area contributed by atoms with Crippen LogP contribution in [0.5, 0.6) is 0 Å². The maximum Gasteiger partial charge on any atom is 0.356 e. The highest BCUT2D eigenvalue weighted by Gasteiger charge is 2.19. The van der Waals surface area contributed by atoms with Gasteiger partial charge in [-0.05, 0) is 37.6 Å². The SMILES string of the molecule is CC(C)N1CCN(c2ccc(-c3cc(C(=O)O)nn3C)cc2)CC1. The minimum absolute atomic E-state index is 0.0707. The number of hydrogen-bond donors (Lipinski definition) is 1. The van der Waals surface area contributed by atoms with E-state index in [0.717, 1.165) is 37.4 Å². The van der Waals surface area contributed by atoms with Crippen LogP contribution in [0.1, 0.15) is 24.3 Å². The molecular formula is C18H24N4O2. The predicted molar refractivity (Wildman–Crippen MR) is 94.5 cm³/mol. The summed E-state index contributed by atoms with van der Waals surface area (Å²) in [7, 11) is 1.76. The topological polar surface area (TPSA) is 61.6 Å². The molecule has 0 unspecified atom stereocenters. The van der Waals surface area contributed by atoms with Crippen molar-refractivity contribution in [3.8, 4) is 11.3 Å². The molecule has 1 fully saturated rings. The van der Waals surface area contributed by atoms with Crippen LogP contribution in [0.25, 0.3) is 11.3 Å². The van der Waals surface area contributed by atoms with Gasteiger partial charge in [0.15, 0.2) is 5.69 Å². The highest BCUT2D eigenvalue weighted by atomic mass is 16.4. The van der Waals surface area contributed by atoms with Crippen LogP contribution in [0, 0.1) is 0 Å². The first-order chi connectivity index (χ1) is 11.5. The highest BCUT2D eigenvalue weighted by molar-refractivity contribution is 5.87. The maximum atomic E-state index is 11.0. The molecule has 3 rings (SSSR count). The van der Waals surface area contributed by atoms with Crippen molar-refractivity contribution in [2.75, 3.05) is 31.1 Å². The number of carboxylic acid groups (broad SMARTS) is 1. The lowest BCUT2D eigenvalue weighted by Crippen LogP contribution is -2.48. The van der Waals surface area contributed by atoms with Gasteiger partial charge >= 0.3 is 5.97 Å². The van der Waals surface area contributed by atoms with Gasteiger partial charge in [-0.2, -0.15) is 5.10 Å². The summed E-state index contributed by atoms with van der Waals surface area (Å²) in [4.78, 5) is 15.9. The molecule has 0 aliphatic carbocycles. The molecule has 1 aliphatic heterocycles. The fourth-order valence-corrected chi connectivity index (χ4v) is 3.18. The van der Waals surface area contributed by atoms with Crippen molar-refractivity contribution < 1.29 is 9.90 Å². The maximum absolute atomic E-state index is 11.0. The Balaban J connectivity index is 1.73. The van der Waals surface area contributed by atoms with Gasteiger partial charge in [-0.25, -0.2) is 4.79 Å². The average molecular weight is 328 g/mol. The van der Waals surface area contributed by atoms with Crippen LogP contribution in [0.2, 0.25) is 0 Å². The van der Waals surface area contributed by atoms with Gasteiger partial charge in [0, 0.05) is 45.0 Å². The average Bonchev–Trinajstić information content (AvgIpc) is 2.97. The number of aryl methyl sites for hydroxylation is 1. The third-order valence-corrected chi connectivity index (χ3v) is 4.67. The Labute approximate surface area is 142 Å². The molecule has 6 nitrogen and oxygen atoms in total. The van der Waals surface area contributed by atoms with Crippen molar-refractivity contribution in [3.05, 3.63) is 36.0 Å². The second-order valence-corrected chi connectivity index (χ2v) is 6.51. The lowest BCUT2D eigenvalue weighted by atomic mass is 10.1. The van der Waals surface area contributed by atoms with E-state index < -0.39 is 5.97 Å². The summed E-state index contributed by atoms with van der Waals surface area (Å²) in [5.74, 6) is -1.00. The number of anilines is 1. The summed E-state index contributed by atoms with van der Waals surface area (Å²) in [6.45, 7) is 8.72. The van der Waals surface area contributed by atoms with Gasteiger partial charge in [0.2, 0.25) is 0 Å². The van der Waals surface area contributed by atoms with Gasteiger partial charge in [0.1, 0.15) is 0 Å². The minimum Gasteiger partial charge on any atom is -0.476 e. The molecule has 1 saturated heterocycles. The van der Waals surface area contributed by atoms with Gasteiger partial charge in [-0.1, -0.05) is 12.1 Å². The zero-order valence-electron chi connectivity index (χ0n) is 14.4. The van der Waals surface area contributed by atoms with E-state index in [1.54, 1.807) is 17.8 Å². The third kappa shape index (κ3) is 3.28. The molecule has 0 saturated carbocycles. The molecule has 24 heavy (non-hydrogen) atoms. The van der Waals surface area contributed by atoms with E-state index in [9.17, 15) is 4.79 Å². The number of aromatic carboxylic acids is 1. The Morgan fingerprint density at radius 3 is 2.25 bits per heavy atom. The molecule has 0 spiro atoms. The Morgan fingerprint density at radius 1 is 1.12 bits per heavy atom. The van der Waals surface area contributed by atoms with Gasteiger partial charge < -0.3 is 10.0 Å². The predicted octanol–water partition coefficient (Wildman–Crippen LogP) is 2.32. The molecular weight excluding hydrogens is 304 g/mol. The van der Waals surface area contributed by atoms with Gasteiger partial charge in [0.25, 0.3) is 0 Å². The quantitative estimate of drug-likeness (QED) is 0.933. The van der Waals surface area contributed by atoms with Crippen LogP contribution in [0.4, 0.5) is 5.69 Å². The Kier molecular flexibility index (Phi) is 4.57. The van der Waals surface area contributed by atoms with Crippen LogP contribution in [-0.2, 0) is 7.05 Å². The second kappa shape index (κ2) is 6.65. The number of nitrogens with zero attached hydrogens (tertiary/aromatic N) is 4. The molecule has 0 bridgehead atoms. The highest BCUT2D eigenvalue weighted by Crippen LogP contribution is 2.24. The number of carbonyl (C=O) groups is 1. The number of benzene rings is 1. The first-order valence-electron chi connectivity index (χ1n) is 8.32. The summed E-state index contributed by atoms with van der Waals surface area (Å²) in [6.07, 6.45) is 0. The summed E-state index contributed by atoms with van der Waals surface area (Å²) in [5, 5.41) is 13.1. The van der Waals surface area contributed by atoms with E-state index in [1.807, 2.05) is 12.1 Å². The van der Waals surface area contributed by atoms with E-state index in [4.69, 9.17) is 5.11 Å². The molecule has 1 aromatic heterocycles. The van der Waals surface area contributed by atoms with Crippen LogP contribution < -0.4 is 4.90 Å². The Hall–Kier alpha value is -2.34. The molecule has 2 aromatic rings. The van der Waals surface area contributed by atoms with Gasteiger partial charge in [-0.15, -0.1) is 0 Å². The van der Waals surface area contributed by atoms with E-state index >= 15 is 0 Å². The minimum atomic E-state index is -1.00. The van der Waals surface area contributed by atoms with Crippen molar-refractivity contribution in [3.63, 3.8) is 0 Å². The third-order valence-electron chi connectivity index (χ3n) is 4.67. The van der Waals surface area contributed by atoms with Crippen LogP contribution in [-0.4, -0.2) is 58.0 Å². The number of piperazine rings is 1. The molecule has 0 radical (unpaired) electrons. The molecule has 1 N–H and O–H groups in total. The molecule has 128 valence electrons. The number of rotatable bonds is 4. The smallest absolute Gasteiger partial charge is 0.356 e. The zero-order valence-corrected chi connectivity index (χ0v) is 14.4. The van der Waals surface area contributed by atoms with E-state index in [-0.39, 0.29) is 5.69 Å². The molecule has 1 aromatic carbocycles. The summed E-state index contributed by atoms with van der Waals surface area (Å²) in [6, 6.07) is 10.5. The Morgan fingerprint density at radius 2 is 1.75 bits per heavy atom. The normalized spacial score (nSPS) is 15.9. The van der Waals surface area contributed by atoms with Crippen molar-refractivity contribution in [1.29, 1.82) is 0 Å². The van der Waals surface area contributed by atoms with Crippen molar-refractivity contribution in [1.82, 2.24) is 14.7 Å².